The lowest BCUT2D eigenvalue weighted by Crippen LogP contribution is -2.16. The van der Waals surface area contributed by atoms with Gasteiger partial charge in [0.25, 0.3) is 0 Å². The fraction of sp³-hybridized carbons (Fsp3) is 0.364. The molecule has 0 aliphatic heterocycles. The van der Waals surface area contributed by atoms with Crippen LogP contribution in [-0.2, 0) is 21.7 Å². The minimum Gasteiger partial charge on any atom is -0.0561 e. The maximum atomic E-state index is 2.39. The van der Waals surface area contributed by atoms with Gasteiger partial charge >= 0.3 is 0 Å². The van der Waals surface area contributed by atoms with E-state index in [2.05, 4.69) is 180 Å². The largest absolute Gasteiger partial charge is 0.0561 e. The molecule has 5 rings (SSSR count). The van der Waals surface area contributed by atoms with Crippen LogP contribution in [0.2, 0.25) is 0 Å². The van der Waals surface area contributed by atoms with E-state index >= 15 is 0 Å². The lowest BCUT2D eigenvalue weighted by Gasteiger charge is -2.25. The molecular weight excluding hydrogens is 528 g/mol. The predicted octanol–water partition coefficient (Wildman–Crippen LogP) is 12.1. The topological polar surface area (TPSA) is 0 Å². The van der Waals surface area contributed by atoms with Crippen molar-refractivity contribution >= 4 is 24.3 Å². The smallest absolute Gasteiger partial charge is 0.00928 e. The van der Waals surface area contributed by atoms with Crippen LogP contribution in [0.25, 0.3) is 24.3 Å². The van der Waals surface area contributed by atoms with Gasteiger partial charge in [-0.1, -0.05) is 168 Å². The third-order valence-corrected chi connectivity index (χ3v) is 8.98. The average molecular weight is 581 g/mol. The van der Waals surface area contributed by atoms with Gasteiger partial charge in [-0.05, 0) is 99.2 Å². The minimum absolute atomic E-state index is 0.111. The van der Waals surface area contributed by atoms with E-state index in [0.29, 0.717) is 0 Å². The molecule has 0 nitrogen and oxygen atoms in total. The predicted molar refractivity (Wildman–Crippen MR) is 194 cm³/mol. The molecule has 0 amide bonds. The molecule has 4 aromatic rings. The van der Waals surface area contributed by atoms with Crippen molar-refractivity contribution in [3.8, 4) is 0 Å². The Hall–Kier alpha value is -3.64. The second-order valence-corrected chi connectivity index (χ2v) is 17.0. The summed E-state index contributed by atoms with van der Waals surface area (Å²) in [6.45, 7) is 27.6. The molecule has 0 atom stereocenters. The summed E-state index contributed by atoms with van der Waals surface area (Å²) in [7, 11) is 0. The second kappa shape index (κ2) is 11.1. The van der Waals surface area contributed by atoms with Gasteiger partial charge in [0, 0.05) is 0 Å². The third-order valence-electron chi connectivity index (χ3n) is 8.98. The van der Waals surface area contributed by atoms with Gasteiger partial charge in [0.1, 0.15) is 0 Å². The molecule has 44 heavy (non-hydrogen) atoms. The molecule has 0 saturated carbocycles. The Morgan fingerprint density at radius 2 is 0.568 bits per heavy atom. The molecule has 0 radical (unpaired) electrons. The molecule has 4 aromatic carbocycles. The van der Waals surface area contributed by atoms with Crippen LogP contribution in [0.3, 0.4) is 0 Å². The van der Waals surface area contributed by atoms with Gasteiger partial charge < -0.3 is 0 Å². The Morgan fingerprint density at radius 1 is 0.295 bits per heavy atom. The van der Waals surface area contributed by atoms with Gasteiger partial charge in [-0.25, -0.2) is 0 Å². The van der Waals surface area contributed by atoms with Crippen molar-refractivity contribution in [1.82, 2.24) is 0 Å². The maximum Gasteiger partial charge on any atom is -0.00928 e. The van der Waals surface area contributed by atoms with Crippen LogP contribution < -0.4 is 0 Å². The molecule has 0 N–H and O–H groups in total. The fourth-order valence-electron chi connectivity index (χ4n) is 5.80. The van der Waals surface area contributed by atoms with Crippen molar-refractivity contribution in [2.24, 2.45) is 0 Å². The van der Waals surface area contributed by atoms with E-state index in [9.17, 15) is 0 Å². The molecule has 1 aliphatic carbocycles. The van der Waals surface area contributed by atoms with Crippen LogP contribution in [0.4, 0.5) is 0 Å². The highest BCUT2D eigenvalue weighted by Gasteiger charge is 2.21. The summed E-state index contributed by atoms with van der Waals surface area (Å²) in [5, 5.41) is 5.40. The van der Waals surface area contributed by atoms with Crippen LogP contribution >= 0.6 is 0 Å². The quantitative estimate of drug-likeness (QED) is 0.185. The summed E-state index contributed by atoms with van der Waals surface area (Å²) in [4.78, 5) is 0. The summed E-state index contributed by atoms with van der Waals surface area (Å²) >= 11 is 0. The third kappa shape index (κ3) is 6.86. The Kier molecular flexibility index (Phi) is 7.99. The Balaban J connectivity index is 1.48. The van der Waals surface area contributed by atoms with Crippen LogP contribution in [0.15, 0.2) is 72.8 Å². The molecule has 0 heterocycles. The highest BCUT2D eigenvalue weighted by atomic mass is 14.3. The van der Waals surface area contributed by atoms with Gasteiger partial charge in [0.2, 0.25) is 0 Å². The zero-order valence-corrected chi connectivity index (χ0v) is 29.2. The highest BCUT2D eigenvalue weighted by molar-refractivity contribution is 5.72. The highest BCUT2D eigenvalue weighted by Crippen LogP contribution is 2.32. The molecule has 0 spiro atoms. The zero-order valence-electron chi connectivity index (χ0n) is 29.2. The van der Waals surface area contributed by atoms with Crippen LogP contribution in [-0.4, -0.2) is 0 Å². The molecule has 0 unspecified atom stereocenters. The Bertz CT molecular complexity index is 1760. The minimum atomic E-state index is 0.111. The van der Waals surface area contributed by atoms with Crippen molar-refractivity contribution in [2.75, 3.05) is 0 Å². The Morgan fingerprint density at radius 3 is 0.841 bits per heavy atom. The summed E-state index contributed by atoms with van der Waals surface area (Å²) in [5.74, 6) is 0. The van der Waals surface area contributed by atoms with Crippen molar-refractivity contribution in [1.29, 1.82) is 0 Å². The van der Waals surface area contributed by atoms with Crippen molar-refractivity contribution in [3.63, 3.8) is 0 Å². The van der Waals surface area contributed by atoms with Crippen molar-refractivity contribution in [2.45, 2.75) is 105 Å². The average Bonchev–Trinajstić information content (AvgIpc) is 2.91. The summed E-state index contributed by atoms with van der Waals surface area (Å²) in [6.07, 6.45) is 9.10. The molecule has 1 aliphatic rings. The molecule has 0 heteroatoms. The van der Waals surface area contributed by atoms with Gasteiger partial charge in [0.15, 0.2) is 0 Å². The van der Waals surface area contributed by atoms with E-state index in [1.165, 1.54) is 65.4 Å². The number of hydrogen-bond donors (Lipinski definition) is 0. The van der Waals surface area contributed by atoms with E-state index < -0.39 is 0 Å². The summed E-state index contributed by atoms with van der Waals surface area (Å²) in [6, 6.07) is 27.9. The lowest BCUT2D eigenvalue weighted by molar-refractivity contribution is 0.568. The molecule has 0 saturated heterocycles. The molecule has 228 valence electrons. The van der Waals surface area contributed by atoms with E-state index in [1.54, 1.807) is 0 Å². The van der Waals surface area contributed by atoms with E-state index in [4.69, 9.17) is 0 Å². The monoisotopic (exact) mass is 580 g/mol. The molecule has 0 bridgehead atoms. The van der Waals surface area contributed by atoms with Crippen molar-refractivity contribution in [3.05, 3.63) is 138 Å². The molecule has 0 aromatic heterocycles. The molecule has 0 fully saturated rings. The lowest BCUT2D eigenvalue weighted by atomic mass is 9.79. The van der Waals surface area contributed by atoms with Gasteiger partial charge in [-0.15, -0.1) is 0 Å². The van der Waals surface area contributed by atoms with Crippen LogP contribution in [0, 0.1) is 20.9 Å². The van der Waals surface area contributed by atoms with Gasteiger partial charge in [-0.3, -0.25) is 0 Å². The fourth-order valence-corrected chi connectivity index (χ4v) is 5.80. The first-order chi connectivity index (χ1) is 20.3. The van der Waals surface area contributed by atoms with Gasteiger partial charge in [0.05, 0.1) is 0 Å². The first kappa shape index (κ1) is 31.8. The Labute approximate surface area is 266 Å². The van der Waals surface area contributed by atoms with Crippen LogP contribution in [0.1, 0.15) is 128 Å². The SMILES string of the molecule is CC(C)(C)c1cc(/C=C/c2ccc3c(c2)=c2cc(/C=C/c4cc(C(C)(C)C)cc(C(C)(C)C)c4)ccc2=3)cc(C(C)(C)C)c1. The summed E-state index contributed by atoms with van der Waals surface area (Å²) in [5.41, 5.74) is 11.0. The van der Waals surface area contributed by atoms with E-state index in [0.717, 1.165) is 0 Å². The van der Waals surface area contributed by atoms with E-state index in [-0.39, 0.29) is 21.7 Å². The summed E-state index contributed by atoms with van der Waals surface area (Å²) < 4.78 is 0. The zero-order chi connectivity index (χ0) is 32.2. The second-order valence-electron chi connectivity index (χ2n) is 17.0. The first-order valence-electron chi connectivity index (χ1n) is 16.3. The van der Waals surface area contributed by atoms with E-state index in [1.807, 2.05) is 0 Å². The number of hydrogen-bond acceptors (Lipinski definition) is 0. The van der Waals surface area contributed by atoms with Gasteiger partial charge in [-0.2, -0.15) is 0 Å². The molecular formula is C44H52. The number of rotatable bonds is 4. The van der Waals surface area contributed by atoms with Crippen molar-refractivity contribution < 1.29 is 0 Å². The normalized spacial score (nSPS) is 13.7. The standard InChI is InChI=1S/C44H52/c1-41(2,3)33-21-31(22-34(27-33)42(4,5)6)15-13-29-17-19-37-38-20-18-30(26-40(38)39(37)25-29)14-16-32-23-35(43(7,8)9)28-36(24-32)44(10,11)12/h13-28H,1-12H3/b15-13+,16-14+. The number of fused-ring (bicyclic) bond motifs is 2. The number of benzene rings is 4. The van der Waals surface area contributed by atoms with Crippen LogP contribution in [0.5, 0.6) is 0 Å². The maximum absolute atomic E-state index is 2.39. The first-order valence-corrected chi connectivity index (χ1v) is 16.3.